The quantitative estimate of drug-likeness (QED) is 0.171. The first-order valence-corrected chi connectivity index (χ1v) is 12.9. The number of hydrogen-bond donors (Lipinski definition) is 6. The highest BCUT2D eigenvalue weighted by Crippen LogP contribution is 2.36. The van der Waals surface area contributed by atoms with Gasteiger partial charge in [0.25, 0.3) is 0 Å². The molecule has 0 unspecified atom stereocenters. The number of aromatic hydroxyl groups is 2. The maximum absolute atomic E-state index is 12.9. The lowest BCUT2D eigenvalue weighted by Crippen LogP contribution is -2.60. The van der Waals surface area contributed by atoms with Crippen LogP contribution in [0.1, 0.15) is 28.8 Å². The van der Waals surface area contributed by atoms with Crippen molar-refractivity contribution >= 4 is 11.9 Å². The first-order valence-electron chi connectivity index (χ1n) is 12.9. The van der Waals surface area contributed by atoms with Gasteiger partial charge in [0.2, 0.25) is 6.29 Å². The number of aliphatic hydroxyl groups excluding tert-OH is 4. The van der Waals surface area contributed by atoms with Crippen molar-refractivity contribution in [3.8, 4) is 28.7 Å². The molecule has 2 aromatic rings. The van der Waals surface area contributed by atoms with Gasteiger partial charge in [0.05, 0.1) is 33.5 Å². The summed E-state index contributed by atoms with van der Waals surface area (Å²) >= 11 is 0. The standard InChI is InChI=1S/C28H34O13/c1-36-20-7-4-14(9-18(20)31)3-6-17(30)24-19(32)10-16(11-21(24)37-2)40-28-27(35)26(34)25(33)22(41-28)13-39-23-8-5-15(29)12-38-23/h3-4,6-7,9-11,15,22-23,25-29,31-35H,5,8,12-13H2,1-2H3/b6-3+/t15-,22-,23+,25+,26+,27-,28-/m0/s1. The van der Waals surface area contributed by atoms with Gasteiger partial charge in [-0.1, -0.05) is 12.1 Å². The number of carbonyl (C=O) groups excluding carboxylic acids is 1. The molecule has 2 aliphatic heterocycles. The van der Waals surface area contributed by atoms with Crippen molar-refractivity contribution in [2.45, 2.75) is 55.9 Å². The molecule has 0 bridgehead atoms. The summed E-state index contributed by atoms with van der Waals surface area (Å²) in [6, 6.07) is 6.97. The molecule has 13 heteroatoms. The van der Waals surface area contributed by atoms with Crippen LogP contribution in [0.25, 0.3) is 6.08 Å². The molecule has 2 aromatic carbocycles. The summed E-state index contributed by atoms with van der Waals surface area (Å²) in [6.07, 6.45) is -5.07. The van der Waals surface area contributed by atoms with Gasteiger partial charge < -0.3 is 59.1 Å². The Kier molecular flexibility index (Phi) is 10.0. The number of hydrogen-bond acceptors (Lipinski definition) is 13. The number of ether oxygens (including phenoxy) is 6. The van der Waals surface area contributed by atoms with Crippen LogP contribution in [0.4, 0.5) is 0 Å². The molecule has 0 radical (unpaired) electrons. The van der Waals surface area contributed by atoms with E-state index in [9.17, 15) is 35.4 Å². The Morgan fingerprint density at radius 1 is 0.951 bits per heavy atom. The maximum atomic E-state index is 12.9. The molecule has 7 atom stereocenters. The molecular formula is C28H34O13. The van der Waals surface area contributed by atoms with Crippen LogP contribution in [-0.2, 0) is 14.2 Å². The number of rotatable bonds is 10. The minimum absolute atomic E-state index is 0.0466. The van der Waals surface area contributed by atoms with E-state index in [1.807, 2.05) is 0 Å². The van der Waals surface area contributed by atoms with Crippen molar-refractivity contribution in [3.63, 3.8) is 0 Å². The Morgan fingerprint density at radius 3 is 2.37 bits per heavy atom. The molecule has 4 rings (SSSR count). The lowest BCUT2D eigenvalue weighted by atomic mass is 9.99. The van der Waals surface area contributed by atoms with Crippen LogP contribution in [0.2, 0.25) is 0 Å². The van der Waals surface area contributed by atoms with E-state index in [0.29, 0.717) is 18.4 Å². The monoisotopic (exact) mass is 578 g/mol. The molecule has 41 heavy (non-hydrogen) atoms. The van der Waals surface area contributed by atoms with Crippen molar-refractivity contribution in [1.82, 2.24) is 0 Å². The van der Waals surface area contributed by atoms with Gasteiger partial charge in [-0.3, -0.25) is 4.79 Å². The zero-order valence-corrected chi connectivity index (χ0v) is 22.5. The molecule has 13 nitrogen and oxygen atoms in total. The zero-order valence-electron chi connectivity index (χ0n) is 22.5. The SMILES string of the molecule is COc1ccc(/C=C/C(=O)c2c(O)cc(O[C@H]3O[C@@H](CO[C@@H]4CC[C@H](O)CO4)[C@@H](O)[C@@H](O)[C@@H]3O)cc2OC)cc1O. The molecule has 2 fully saturated rings. The van der Waals surface area contributed by atoms with Crippen molar-refractivity contribution in [2.75, 3.05) is 27.4 Å². The molecule has 2 saturated heterocycles. The van der Waals surface area contributed by atoms with E-state index in [4.69, 9.17) is 28.4 Å². The van der Waals surface area contributed by atoms with Crippen molar-refractivity contribution in [2.24, 2.45) is 0 Å². The average molecular weight is 579 g/mol. The van der Waals surface area contributed by atoms with E-state index in [0.717, 1.165) is 6.07 Å². The molecule has 0 aromatic heterocycles. The summed E-state index contributed by atoms with van der Waals surface area (Å²) in [5.41, 5.74) is 0.337. The fraction of sp³-hybridized carbons (Fsp3) is 0.464. The number of ketones is 1. The minimum atomic E-state index is -1.67. The number of phenolic OH excluding ortho intramolecular Hbond substituents is 2. The van der Waals surface area contributed by atoms with Crippen LogP contribution in [0.5, 0.6) is 28.7 Å². The Balaban J connectivity index is 1.45. The number of phenols is 2. The van der Waals surface area contributed by atoms with Gasteiger partial charge in [-0.05, 0) is 30.2 Å². The lowest BCUT2D eigenvalue weighted by Gasteiger charge is -2.40. The van der Waals surface area contributed by atoms with Gasteiger partial charge in [-0.15, -0.1) is 0 Å². The molecule has 0 saturated carbocycles. The Bertz CT molecular complexity index is 1220. The van der Waals surface area contributed by atoms with Crippen molar-refractivity contribution in [1.29, 1.82) is 0 Å². The number of benzene rings is 2. The van der Waals surface area contributed by atoms with Gasteiger partial charge in [-0.2, -0.15) is 0 Å². The van der Waals surface area contributed by atoms with E-state index in [1.54, 1.807) is 6.07 Å². The summed E-state index contributed by atoms with van der Waals surface area (Å²) in [7, 11) is 2.70. The maximum Gasteiger partial charge on any atom is 0.229 e. The summed E-state index contributed by atoms with van der Waals surface area (Å²) in [5.74, 6) is -1.04. The van der Waals surface area contributed by atoms with Gasteiger partial charge >= 0.3 is 0 Å². The number of carbonyl (C=O) groups is 1. The summed E-state index contributed by atoms with van der Waals surface area (Å²) in [4.78, 5) is 12.9. The van der Waals surface area contributed by atoms with E-state index in [2.05, 4.69) is 0 Å². The van der Waals surface area contributed by atoms with Crippen LogP contribution in [-0.4, -0.2) is 107 Å². The fourth-order valence-corrected chi connectivity index (χ4v) is 4.45. The highest BCUT2D eigenvalue weighted by Gasteiger charge is 2.45. The van der Waals surface area contributed by atoms with Gasteiger partial charge in [-0.25, -0.2) is 0 Å². The number of aliphatic hydroxyl groups is 4. The van der Waals surface area contributed by atoms with Crippen LogP contribution < -0.4 is 14.2 Å². The largest absolute Gasteiger partial charge is 0.507 e. The van der Waals surface area contributed by atoms with Gasteiger partial charge in [0.1, 0.15) is 47.2 Å². The lowest BCUT2D eigenvalue weighted by molar-refractivity contribution is -0.291. The summed E-state index contributed by atoms with van der Waals surface area (Å²) in [6.45, 7) is -0.0948. The van der Waals surface area contributed by atoms with E-state index < -0.39 is 54.6 Å². The summed E-state index contributed by atoms with van der Waals surface area (Å²) < 4.78 is 32.6. The molecule has 224 valence electrons. The topological polar surface area (TPSA) is 194 Å². The Hall–Kier alpha value is -3.43. The Labute approximate surface area is 235 Å². The van der Waals surface area contributed by atoms with E-state index >= 15 is 0 Å². The van der Waals surface area contributed by atoms with Gasteiger partial charge in [0.15, 0.2) is 23.6 Å². The van der Waals surface area contributed by atoms with E-state index in [1.165, 1.54) is 44.6 Å². The van der Waals surface area contributed by atoms with E-state index in [-0.39, 0.29) is 41.8 Å². The van der Waals surface area contributed by atoms with Crippen LogP contribution in [0.3, 0.4) is 0 Å². The highest BCUT2D eigenvalue weighted by atomic mass is 16.7. The second kappa shape index (κ2) is 13.5. The molecule has 2 aliphatic rings. The van der Waals surface area contributed by atoms with Crippen molar-refractivity contribution in [3.05, 3.63) is 47.5 Å². The second-order valence-corrected chi connectivity index (χ2v) is 9.61. The van der Waals surface area contributed by atoms with Crippen LogP contribution in [0, 0.1) is 0 Å². The second-order valence-electron chi connectivity index (χ2n) is 9.61. The third-order valence-electron chi connectivity index (χ3n) is 6.73. The zero-order chi connectivity index (χ0) is 29.7. The molecular weight excluding hydrogens is 544 g/mol. The normalized spacial score (nSPS) is 28.4. The first-order chi connectivity index (χ1) is 19.6. The Morgan fingerprint density at radius 2 is 1.71 bits per heavy atom. The molecule has 0 aliphatic carbocycles. The summed E-state index contributed by atoms with van der Waals surface area (Å²) in [5, 5.41) is 61.4. The smallest absolute Gasteiger partial charge is 0.229 e. The molecule has 2 heterocycles. The minimum Gasteiger partial charge on any atom is -0.507 e. The average Bonchev–Trinajstić information content (AvgIpc) is 2.96. The van der Waals surface area contributed by atoms with Crippen LogP contribution in [0.15, 0.2) is 36.4 Å². The predicted molar refractivity (Wildman–Crippen MR) is 141 cm³/mol. The highest BCUT2D eigenvalue weighted by molar-refractivity contribution is 6.10. The first kappa shape index (κ1) is 30.5. The number of methoxy groups -OCH3 is 2. The third kappa shape index (κ3) is 7.26. The number of allylic oxidation sites excluding steroid dienone is 1. The molecule has 6 N–H and O–H groups in total. The molecule has 0 spiro atoms. The van der Waals surface area contributed by atoms with Gasteiger partial charge in [0, 0.05) is 18.6 Å². The van der Waals surface area contributed by atoms with Crippen LogP contribution >= 0.6 is 0 Å². The fourth-order valence-electron chi connectivity index (χ4n) is 4.45. The predicted octanol–water partition coefficient (Wildman–Crippen LogP) is 0.711. The third-order valence-corrected chi connectivity index (χ3v) is 6.73. The molecule has 0 amide bonds. The van der Waals surface area contributed by atoms with Crippen molar-refractivity contribution < 1.29 is 63.9 Å².